The lowest BCUT2D eigenvalue weighted by Gasteiger charge is -2.39. The largest absolute Gasteiger partial charge is 0.393 e. The molecule has 3 atom stereocenters. The first-order valence-electron chi connectivity index (χ1n) is 5.39. The zero-order valence-electron chi connectivity index (χ0n) is 8.35. The van der Waals surface area contributed by atoms with E-state index in [0.717, 1.165) is 32.2 Å². The molecule has 3 unspecified atom stereocenters. The molecule has 1 aliphatic heterocycles. The van der Waals surface area contributed by atoms with Crippen molar-refractivity contribution < 1.29 is 9.90 Å². The quantitative estimate of drug-likeness (QED) is 0.599. The lowest BCUT2D eigenvalue weighted by Crippen LogP contribution is -2.61. The third kappa shape index (κ3) is 1.91. The zero-order chi connectivity index (χ0) is 10.1. The van der Waals surface area contributed by atoms with Crippen molar-refractivity contribution in [3.63, 3.8) is 0 Å². The number of carbonyl (C=O) groups excluding carboxylic acids is 1. The highest BCUT2D eigenvalue weighted by Crippen LogP contribution is 2.26. The fourth-order valence-electron chi connectivity index (χ4n) is 2.43. The number of β-lactam (4-membered cyclic amide) rings is 1. The van der Waals surface area contributed by atoms with Gasteiger partial charge in [-0.2, -0.15) is 0 Å². The number of hydrogen-bond acceptors (Lipinski definition) is 3. The van der Waals surface area contributed by atoms with Gasteiger partial charge in [0.1, 0.15) is 6.04 Å². The minimum atomic E-state index is -0.261. The van der Waals surface area contributed by atoms with Crippen molar-refractivity contribution in [3.8, 4) is 0 Å². The van der Waals surface area contributed by atoms with Gasteiger partial charge < -0.3 is 15.7 Å². The van der Waals surface area contributed by atoms with Crippen LogP contribution < -0.4 is 5.73 Å². The van der Waals surface area contributed by atoms with E-state index >= 15 is 0 Å². The van der Waals surface area contributed by atoms with Crippen molar-refractivity contribution in [2.45, 2.75) is 37.8 Å². The van der Waals surface area contributed by atoms with Crippen LogP contribution in [0.5, 0.6) is 0 Å². The molecule has 1 saturated carbocycles. The Kier molecular flexibility index (Phi) is 2.74. The van der Waals surface area contributed by atoms with Gasteiger partial charge in [-0.15, -0.1) is 0 Å². The highest BCUT2D eigenvalue weighted by atomic mass is 16.3. The lowest BCUT2D eigenvalue weighted by molar-refractivity contribution is -0.143. The fraction of sp³-hybridized carbons (Fsp3) is 0.900. The monoisotopic (exact) mass is 198 g/mol. The van der Waals surface area contributed by atoms with E-state index in [1.54, 1.807) is 0 Å². The van der Waals surface area contributed by atoms with Crippen LogP contribution in [-0.4, -0.2) is 41.1 Å². The van der Waals surface area contributed by atoms with Crippen molar-refractivity contribution in [1.82, 2.24) is 4.90 Å². The number of likely N-dealkylation sites (tertiary alicyclic amines) is 1. The highest BCUT2D eigenvalue weighted by Gasteiger charge is 2.35. The topological polar surface area (TPSA) is 66.6 Å². The van der Waals surface area contributed by atoms with E-state index in [4.69, 9.17) is 5.73 Å². The summed E-state index contributed by atoms with van der Waals surface area (Å²) in [7, 11) is 0. The van der Waals surface area contributed by atoms with Gasteiger partial charge in [-0.25, -0.2) is 0 Å². The first kappa shape index (κ1) is 9.93. The normalized spacial score (nSPS) is 38.3. The van der Waals surface area contributed by atoms with Crippen molar-refractivity contribution in [2.75, 3.05) is 13.1 Å². The molecule has 1 saturated heterocycles. The van der Waals surface area contributed by atoms with Crippen molar-refractivity contribution in [1.29, 1.82) is 0 Å². The lowest BCUT2D eigenvalue weighted by atomic mass is 9.86. The molecule has 2 rings (SSSR count). The van der Waals surface area contributed by atoms with Gasteiger partial charge in [-0.3, -0.25) is 4.79 Å². The van der Waals surface area contributed by atoms with E-state index in [0.29, 0.717) is 12.5 Å². The van der Waals surface area contributed by atoms with Crippen LogP contribution in [0.15, 0.2) is 0 Å². The molecule has 0 aromatic carbocycles. The average Bonchev–Trinajstić information content (AvgIpc) is 2.17. The third-order valence-electron chi connectivity index (χ3n) is 3.28. The molecule has 0 spiro atoms. The summed E-state index contributed by atoms with van der Waals surface area (Å²) in [6.07, 6.45) is 3.83. The Balaban J connectivity index is 1.77. The van der Waals surface area contributed by atoms with Crippen LogP contribution in [0.2, 0.25) is 0 Å². The molecule has 0 radical (unpaired) electrons. The Morgan fingerprint density at radius 1 is 1.50 bits per heavy atom. The van der Waals surface area contributed by atoms with Gasteiger partial charge in [0.15, 0.2) is 0 Å². The minimum Gasteiger partial charge on any atom is -0.393 e. The molecule has 1 amide bonds. The van der Waals surface area contributed by atoms with Crippen LogP contribution in [0.1, 0.15) is 25.7 Å². The molecule has 0 bridgehead atoms. The second kappa shape index (κ2) is 3.87. The molecular formula is C10H18N2O2. The van der Waals surface area contributed by atoms with Crippen molar-refractivity contribution in [3.05, 3.63) is 0 Å². The van der Waals surface area contributed by atoms with Gasteiger partial charge in [0.25, 0.3) is 0 Å². The van der Waals surface area contributed by atoms with Gasteiger partial charge in [-0.1, -0.05) is 6.42 Å². The summed E-state index contributed by atoms with van der Waals surface area (Å²) in [5, 5.41) is 9.47. The number of nitrogens with zero attached hydrogens (tertiary/aromatic N) is 1. The Morgan fingerprint density at radius 3 is 2.86 bits per heavy atom. The summed E-state index contributed by atoms with van der Waals surface area (Å²) < 4.78 is 0. The first-order valence-corrected chi connectivity index (χ1v) is 5.39. The van der Waals surface area contributed by atoms with E-state index in [9.17, 15) is 9.90 Å². The average molecular weight is 198 g/mol. The summed E-state index contributed by atoms with van der Waals surface area (Å²) in [4.78, 5) is 13.1. The van der Waals surface area contributed by atoms with Gasteiger partial charge in [0.2, 0.25) is 5.91 Å². The Bertz CT molecular complexity index is 232. The van der Waals surface area contributed by atoms with Crippen LogP contribution >= 0.6 is 0 Å². The molecule has 4 heteroatoms. The minimum absolute atomic E-state index is 0.0741. The Hall–Kier alpha value is -0.610. The van der Waals surface area contributed by atoms with Crippen molar-refractivity contribution >= 4 is 5.91 Å². The highest BCUT2D eigenvalue weighted by molar-refractivity contribution is 5.87. The number of nitrogens with two attached hydrogens (primary N) is 1. The van der Waals surface area contributed by atoms with Gasteiger partial charge in [0.05, 0.1) is 6.10 Å². The predicted molar refractivity (Wildman–Crippen MR) is 52.5 cm³/mol. The van der Waals surface area contributed by atoms with Crippen LogP contribution in [0.3, 0.4) is 0 Å². The van der Waals surface area contributed by atoms with Gasteiger partial charge in [0, 0.05) is 13.1 Å². The number of carbonyl (C=O) groups is 1. The van der Waals surface area contributed by atoms with Crippen LogP contribution in [-0.2, 0) is 4.79 Å². The van der Waals surface area contributed by atoms with E-state index < -0.39 is 0 Å². The van der Waals surface area contributed by atoms with E-state index in [-0.39, 0.29) is 18.1 Å². The van der Waals surface area contributed by atoms with Gasteiger partial charge in [-0.05, 0) is 25.2 Å². The molecule has 1 heterocycles. The number of aliphatic hydroxyl groups excluding tert-OH is 1. The smallest absolute Gasteiger partial charge is 0.241 e. The maximum absolute atomic E-state index is 11.3. The van der Waals surface area contributed by atoms with Crippen molar-refractivity contribution in [2.24, 2.45) is 11.7 Å². The molecule has 14 heavy (non-hydrogen) atoms. The molecule has 2 aliphatic rings. The molecule has 4 nitrogen and oxygen atoms in total. The second-order valence-corrected chi connectivity index (χ2v) is 4.54. The predicted octanol–water partition coefficient (Wildman–Crippen LogP) is -0.293. The third-order valence-corrected chi connectivity index (χ3v) is 3.28. The standard InChI is InChI=1S/C10H18N2O2/c11-9-6-12(10(9)14)5-7-2-1-3-8(13)4-7/h7-9,13H,1-6,11H2. The molecule has 80 valence electrons. The first-order chi connectivity index (χ1) is 6.66. The summed E-state index contributed by atoms with van der Waals surface area (Å²) in [5.74, 6) is 0.556. The van der Waals surface area contributed by atoms with E-state index in [1.807, 2.05) is 4.90 Å². The summed E-state index contributed by atoms with van der Waals surface area (Å²) in [5.41, 5.74) is 5.50. The number of aliphatic hydroxyl groups is 1. The maximum Gasteiger partial charge on any atom is 0.241 e. The summed E-state index contributed by atoms with van der Waals surface area (Å²) in [6.45, 7) is 1.50. The molecular weight excluding hydrogens is 180 g/mol. The SMILES string of the molecule is NC1CN(CC2CCCC(O)C2)C1=O. The zero-order valence-corrected chi connectivity index (χ0v) is 8.35. The Labute approximate surface area is 84.1 Å². The summed E-state index contributed by atoms with van der Waals surface area (Å²) >= 11 is 0. The van der Waals surface area contributed by atoms with E-state index in [1.165, 1.54) is 0 Å². The van der Waals surface area contributed by atoms with Crippen LogP contribution in [0.25, 0.3) is 0 Å². The van der Waals surface area contributed by atoms with E-state index in [2.05, 4.69) is 0 Å². The summed E-state index contributed by atoms with van der Waals surface area (Å²) in [6, 6.07) is -0.261. The second-order valence-electron chi connectivity index (χ2n) is 4.54. The van der Waals surface area contributed by atoms with Gasteiger partial charge >= 0.3 is 0 Å². The van der Waals surface area contributed by atoms with Crippen LogP contribution in [0, 0.1) is 5.92 Å². The maximum atomic E-state index is 11.3. The number of hydrogen-bond donors (Lipinski definition) is 2. The number of rotatable bonds is 2. The molecule has 1 aliphatic carbocycles. The molecule has 0 aromatic heterocycles. The Morgan fingerprint density at radius 2 is 2.29 bits per heavy atom. The number of amides is 1. The molecule has 3 N–H and O–H groups in total. The molecule has 0 aromatic rings. The van der Waals surface area contributed by atoms with Crippen LogP contribution in [0.4, 0.5) is 0 Å². The molecule has 2 fully saturated rings. The fourth-order valence-corrected chi connectivity index (χ4v) is 2.43.